The van der Waals surface area contributed by atoms with Gasteiger partial charge in [0.2, 0.25) is 5.91 Å². The van der Waals surface area contributed by atoms with Crippen LogP contribution in [0.2, 0.25) is 5.02 Å². The average molecular weight is 595 g/mol. The molecule has 5 amide bonds. The van der Waals surface area contributed by atoms with Gasteiger partial charge in [-0.1, -0.05) is 35.6 Å². The number of hydrogen-bond donors (Lipinski definition) is 5. The van der Waals surface area contributed by atoms with Gasteiger partial charge in [-0.05, 0) is 38.4 Å². The van der Waals surface area contributed by atoms with E-state index in [1.54, 1.807) is 19.2 Å². The summed E-state index contributed by atoms with van der Waals surface area (Å²) in [5.74, 6) is -1.14. The third kappa shape index (κ3) is 6.80. The van der Waals surface area contributed by atoms with E-state index >= 15 is 0 Å². The molecule has 1 saturated carbocycles. The quantitative estimate of drug-likeness (QED) is 0.313. The first-order valence-electron chi connectivity index (χ1n) is 12.5. The maximum Gasteiger partial charge on any atom is 0.320 e. The number of pyridine rings is 1. The Labute approximate surface area is 240 Å². The molecule has 0 spiro atoms. The number of nitrogens with one attached hydrogen (secondary N) is 4. The second kappa shape index (κ2) is 12.5. The highest BCUT2D eigenvalue weighted by molar-refractivity contribution is 8.04. The van der Waals surface area contributed by atoms with Gasteiger partial charge in [0.05, 0.1) is 5.02 Å². The highest BCUT2D eigenvalue weighted by Gasteiger charge is 2.44. The summed E-state index contributed by atoms with van der Waals surface area (Å²) >= 11 is 12.5. The standard InChI is InChI=1S/C24H31ClN8O4S2/c1-27-19(34)12-3-5-14(30-22(38)20(35)31-18-6-4-13(25)10-28-18)15(9-12)29-21(36)23-33(24(26)37)16-7-8-32(2)11-17(16)39-23/h4,6,10,12,14-15,23H,3,5,7-9,11H2,1-2H3,(H2,26,37)(H,27,34)(H,29,36)(H,30,38)(H,28,31,35)/t12-,14-,15+,23?/m0/s1. The maximum atomic E-state index is 13.6. The molecule has 1 unspecified atom stereocenters. The molecule has 0 saturated heterocycles. The molecule has 39 heavy (non-hydrogen) atoms. The Hall–Kier alpha value is -2.94. The lowest BCUT2D eigenvalue weighted by Crippen LogP contribution is -2.59. The molecule has 15 heteroatoms. The Morgan fingerprint density at radius 3 is 2.59 bits per heavy atom. The van der Waals surface area contributed by atoms with Crippen molar-refractivity contribution >= 4 is 70.1 Å². The van der Waals surface area contributed by atoms with Crippen LogP contribution < -0.4 is 27.0 Å². The molecule has 6 N–H and O–H groups in total. The Kier molecular flexibility index (Phi) is 9.31. The monoisotopic (exact) mass is 594 g/mol. The molecule has 1 aromatic heterocycles. The van der Waals surface area contributed by atoms with Crippen molar-refractivity contribution in [2.24, 2.45) is 11.7 Å². The van der Waals surface area contributed by atoms with Gasteiger partial charge < -0.3 is 31.9 Å². The molecule has 3 heterocycles. The number of likely N-dealkylation sites (N-methyl/N-ethyl adjacent to an activating group) is 1. The lowest BCUT2D eigenvalue weighted by Gasteiger charge is -2.37. The number of aromatic nitrogens is 1. The van der Waals surface area contributed by atoms with Gasteiger partial charge >= 0.3 is 6.03 Å². The molecule has 1 aliphatic carbocycles. The second-order valence-corrected chi connectivity index (χ2v) is 11.7. The normalized spacial score (nSPS) is 24.9. The summed E-state index contributed by atoms with van der Waals surface area (Å²) in [4.78, 5) is 59.4. The molecule has 0 radical (unpaired) electrons. The minimum atomic E-state index is -0.855. The lowest BCUT2D eigenvalue weighted by molar-refractivity contribution is -0.128. The minimum Gasteiger partial charge on any atom is -0.367 e. The largest absolute Gasteiger partial charge is 0.367 e. The van der Waals surface area contributed by atoms with Crippen molar-refractivity contribution in [1.29, 1.82) is 0 Å². The number of carbonyl (C=O) groups is 4. The van der Waals surface area contributed by atoms with Crippen LogP contribution in [-0.4, -0.2) is 88.2 Å². The molecular weight excluding hydrogens is 564 g/mol. The van der Waals surface area contributed by atoms with Crippen LogP contribution in [0.4, 0.5) is 10.6 Å². The van der Waals surface area contributed by atoms with Gasteiger partial charge in [-0.3, -0.25) is 19.3 Å². The summed E-state index contributed by atoms with van der Waals surface area (Å²) in [6.07, 6.45) is 3.37. The zero-order valence-electron chi connectivity index (χ0n) is 21.5. The first-order chi connectivity index (χ1) is 18.6. The summed E-state index contributed by atoms with van der Waals surface area (Å²) in [7, 11) is 3.54. The van der Waals surface area contributed by atoms with Crippen LogP contribution in [0, 0.1) is 5.92 Å². The number of nitrogens with two attached hydrogens (primary N) is 1. The van der Waals surface area contributed by atoms with Gasteiger partial charge in [0.1, 0.15) is 5.82 Å². The van der Waals surface area contributed by atoms with Crippen LogP contribution >= 0.6 is 35.6 Å². The summed E-state index contributed by atoms with van der Waals surface area (Å²) in [6.45, 7) is 1.39. The van der Waals surface area contributed by atoms with Crippen LogP contribution in [0.25, 0.3) is 0 Å². The van der Waals surface area contributed by atoms with Gasteiger partial charge in [-0.15, -0.1) is 0 Å². The fourth-order valence-corrected chi connectivity index (χ4v) is 6.74. The van der Waals surface area contributed by atoms with Crippen LogP contribution in [0.1, 0.15) is 25.7 Å². The SMILES string of the molecule is CNC(=O)[C@H]1CC[C@H](NC(=S)C(=O)Nc2ccc(Cl)cn2)[C@H](NC(=O)C2SC3=C(CCN(C)C3)N2C(N)=O)C1. The van der Waals surface area contributed by atoms with Gasteiger partial charge in [0.25, 0.3) is 11.8 Å². The number of anilines is 1. The van der Waals surface area contributed by atoms with E-state index in [-0.39, 0.29) is 22.6 Å². The van der Waals surface area contributed by atoms with Crippen molar-refractivity contribution in [3.05, 3.63) is 34.0 Å². The predicted octanol–water partition coefficient (Wildman–Crippen LogP) is 0.991. The zero-order valence-corrected chi connectivity index (χ0v) is 23.9. The highest BCUT2D eigenvalue weighted by Crippen LogP contribution is 2.42. The van der Waals surface area contributed by atoms with Crippen molar-refractivity contribution in [3.8, 4) is 0 Å². The van der Waals surface area contributed by atoms with Crippen LogP contribution in [0.15, 0.2) is 28.9 Å². The number of primary amides is 1. The van der Waals surface area contributed by atoms with E-state index in [1.807, 2.05) is 7.05 Å². The molecule has 0 aromatic carbocycles. The van der Waals surface area contributed by atoms with Crippen molar-refractivity contribution in [1.82, 2.24) is 30.7 Å². The maximum absolute atomic E-state index is 13.6. The summed E-state index contributed by atoms with van der Waals surface area (Å²) in [5.41, 5.74) is 6.46. The Bertz CT molecular complexity index is 1200. The highest BCUT2D eigenvalue weighted by atomic mass is 35.5. The van der Waals surface area contributed by atoms with E-state index in [4.69, 9.17) is 29.6 Å². The topological polar surface area (TPSA) is 162 Å². The van der Waals surface area contributed by atoms with Crippen molar-refractivity contribution in [2.75, 3.05) is 32.5 Å². The van der Waals surface area contributed by atoms with Crippen LogP contribution in [0.3, 0.4) is 0 Å². The molecule has 1 fully saturated rings. The van der Waals surface area contributed by atoms with Gasteiger partial charge in [-0.2, -0.15) is 0 Å². The molecule has 1 aromatic rings. The van der Waals surface area contributed by atoms with Gasteiger partial charge in [0, 0.05) is 61.4 Å². The molecule has 2 aliphatic heterocycles. The van der Waals surface area contributed by atoms with E-state index < -0.39 is 35.3 Å². The Balaban J connectivity index is 1.46. The van der Waals surface area contributed by atoms with E-state index in [0.29, 0.717) is 37.3 Å². The van der Waals surface area contributed by atoms with Crippen molar-refractivity contribution < 1.29 is 19.2 Å². The summed E-state index contributed by atoms with van der Waals surface area (Å²) < 4.78 is 0. The number of amides is 5. The first kappa shape index (κ1) is 29.1. The average Bonchev–Trinajstić information content (AvgIpc) is 3.29. The van der Waals surface area contributed by atoms with Crippen LogP contribution in [0.5, 0.6) is 0 Å². The molecule has 3 aliphatic rings. The third-order valence-electron chi connectivity index (χ3n) is 6.99. The second-order valence-electron chi connectivity index (χ2n) is 9.67. The fraction of sp³-hybridized carbons (Fsp3) is 0.500. The molecule has 0 bridgehead atoms. The van der Waals surface area contributed by atoms with Crippen molar-refractivity contribution in [2.45, 2.75) is 43.1 Å². The number of halogens is 1. The van der Waals surface area contributed by atoms with E-state index in [0.717, 1.165) is 17.1 Å². The number of urea groups is 1. The van der Waals surface area contributed by atoms with E-state index in [9.17, 15) is 19.2 Å². The number of thiocarbonyl (C=S) groups is 1. The van der Waals surface area contributed by atoms with Gasteiger partial charge in [0.15, 0.2) is 10.4 Å². The van der Waals surface area contributed by atoms with E-state index in [1.165, 1.54) is 22.9 Å². The first-order valence-corrected chi connectivity index (χ1v) is 14.1. The number of rotatable bonds is 5. The smallest absolute Gasteiger partial charge is 0.320 e. The number of nitrogens with zero attached hydrogens (tertiary/aromatic N) is 3. The molecule has 4 atom stereocenters. The minimum absolute atomic E-state index is 0.0800. The molecule has 12 nitrogen and oxygen atoms in total. The molecule has 4 rings (SSSR count). The van der Waals surface area contributed by atoms with E-state index in [2.05, 4.69) is 31.2 Å². The third-order valence-corrected chi connectivity index (χ3v) is 8.82. The molecule has 210 valence electrons. The summed E-state index contributed by atoms with van der Waals surface area (Å²) in [5, 5.41) is 10.9. The lowest BCUT2D eigenvalue weighted by atomic mass is 9.81. The fourth-order valence-electron chi connectivity index (χ4n) is 5.02. The predicted molar refractivity (Wildman–Crippen MR) is 153 cm³/mol. The Morgan fingerprint density at radius 1 is 1.15 bits per heavy atom. The number of hydrogen-bond acceptors (Lipinski definition) is 8. The number of carbonyl (C=O) groups excluding carboxylic acids is 4. The van der Waals surface area contributed by atoms with Gasteiger partial charge in [-0.25, -0.2) is 9.78 Å². The van der Waals surface area contributed by atoms with Crippen LogP contribution in [-0.2, 0) is 14.4 Å². The summed E-state index contributed by atoms with van der Waals surface area (Å²) in [6, 6.07) is 1.49. The number of thioether (sulfide) groups is 1. The molecular formula is C24H31ClN8O4S2. The Morgan fingerprint density at radius 2 is 1.92 bits per heavy atom. The zero-order chi connectivity index (χ0) is 28.3. The van der Waals surface area contributed by atoms with Crippen molar-refractivity contribution in [3.63, 3.8) is 0 Å².